The third-order valence-corrected chi connectivity index (χ3v) is 4.63. The van der Waals surface area contributed by atoms with Gasteiger partial charge in [-0.25, -0.2) is 9.48 Å². The number of para-hydroxylation sites is 1. The number of hydrogen-bond acceptors (Lipinski definition) is 3. The third kappa shape index (κ3) is 2.43. The SMILES string of the molecule is CCCc1nn(-c2ccccc2Cl)c2sc(C(=O)O)cc12. The van der Waals surface area contributed by atoms with E-state index in [1.807, 2.05) is 18.2 Å². The molecule has 0 aliphatic carbocycles. The number of rotatable bonds is 4. The Kier molecular flexibility index (Phi) is 3.69. The third-order valence-electron chi connectivity index (χ3n) is 3.21. The Bertz CT molecular complexity index is 822. The predicted molar refractivity (Wildman–Crippen MR) is 84.9 cm³/mol. The second kappa shape index (κ2) is 5.50. The Balaban J connectivity index is 2.27. The van der Waals surface area contributed by atoms with Crippen LogP contribution in [0.3, 0.4) is 0 Å². The van der Waals surface area contributed by atoms with Gasteiger partial charge in [-0.1, -0.05) is 37.1 Å². The van der Waals surface area contributed by atoms with Gasteiger partial charge in [0.05, 0.1) is 16.4 Å². The number of aromatic carboxylic acids is 1. The topological polar surface area (TPSA) is 55.1 Å². The van der Waals surface area contributed by atoms with Gasteiger partial charge in [0.25, 0.3) is 0 Å². The van der Waals surface area contributed by atoms with Crippen molar-refractivity contribution < 1.29 is 9.90 Å². The first-order valence-corrected chi connectivity index (χ1v) is 7.81. The predicted octanol–water partition coefficient (Wildman–Crippen LogP) is 4.39. The van der Waals surface area contributed by atoms with Crippen LogP contribution in [0.2, 0.25) is 5.02 Å². The number of aryl methyl sites for hydroxylation is 1. The van der Waals surface area contributed by atoms with Gasteiger partial charge in [-0.2, -0.15) is 5.10 Å². The van der Waals surface area contributed by atoms with Crippen LogP contribution in [0, 0.1) is 0 Å². The van der Waals surface area contributed by atoms with Crippen molar-refractivity contribution in [2.45, 2.75) is 19.8 Å². The average molecular weight is 321 g/mol. The minimum absolute atomic E-state index is 0.320. The quantitative estimate of drug-likeness (QED) is 0.775. The number of nitrogens with zero attached hydrogens (tertiary/aromatic N) is 2. The molecular weight excluding hydrogens is 308 g/mol. The van der Waals surface area contributed by atoms with E-state index in [0.717, 1.165) is 34.4 Å². The molecule has 0 unspecified atom stereocenters. The van der Waals surface area contributed by atoms with E-state index in [1.54, 1.807) is 16.8 Å². The summed E-state index contributed by atoms with van der Waals surface area (Å²) >= 11 is 7.47. The molecule has 2 aromatic heterocycles. The van der Waals surface area contributed by atoms with Crippen molar-refractivity contribution in [1.29, 1.82) is 0 Å². The van der Waals surface area contributed by atoms with Gasteiger partial charge in [-0.15, -0.1) is 11.3 Å². The lowest BCUT2D eigenvalue weighted by atomic mass is 10.2. The minimum atomic E-state index is -0.913. The number of thiophene rings is 1. The lowest BCUT2D eigenvalue weighted by molar-refractivity contribution is 0.0702. The van der Waals surface area contributed by atoms with Crippen LogP contribution in [0.1, 0.15) is 28.7 Å². The maximum Gasteiger partial charge on any atom is 0.345 e. The molecule has 108 valence electrons. The maximum absolute atomic E-state index is 11.2. The van der Waals surface area contributed by atoms with Gasteiger partial charge in [0.15, 0.2) is 0 Å². The molecule has 0 aliphatic rings. The molecule has 6 heteroatoms. The van der Waals surface area contributed by atoms with E-state index < -0.39 is 5.97 Å². The van der Waals surface area contributed by atoms with Crippen LogP contribution in [-0.4, -0.2) is 20.9 Å². The fourth-order valence-electron chi connectivity index (χ4n) is 2.28. The van der Waals surface area contributed by atoms with Crippen molar-refractivity contribution in [1.82, 2.24) is 9.78 Å². The molecule has 0 amide bonds. The Morgan fingerprint density at radius 3 is 2.86 bits per heavy atom. The van der Waals surface area contributed by atoms with Crippen molar-refractivity contribution in [2.24, 2.45) is 0 Å². The fraction of sp³-hybridized carbons (Fsp3) is 0.200. The number of fused-ring (bicyclic) bond motifs is 1. The van der Waals surface area contributed by atoms with Gasteiger partial charge in [0, 0.05) is 5.39 Å². The van der Waals surface area contributed by atoms with Gasteiger partial charge in [-0.3, -0.25) is 0 Å². The number of carboxylic acids is 1. The van der Waals surface area contributed by atoms with Crippen LogP contribution >= 0.6 is 22.9 Å². The molecule has 1 N–H and O–H groups in total. The number of carboxylic acid groups (broad SMARTS) is 1. The largest absolute Gasteiger partial charge is 0.477 e. The first-order valence-electron chi connectivity index (χ1n) is 6.61. The van der Waals surface area contributed by atoms with Gasteiger partial charge in [0.2, 0.25) is 0 Å². The molecule has 0 saturated heterocycles. The maximum atomic E-state index is 11.2. The summed E-state index contributed by atoms with van der Waals surface area (Å²) in [5.74, 6) is -0.913. The van der Waals surface area contributed by atoms with Crippen molar-refractivity contribution in [3.05, 3.63) is 45.9 Å². The van der Waals surface area contributed by atoms with Crippen molar-refractivity contribution in [3.8, 4) is 5.69 Å². The molecule has 3 aromatic rings. The Hall–Kier alpha value is -1.85. The van der Waals surface area contributed by atoms with Crippen molar-refractivity contribution >= 4 is 39.1 Å². The lowest BCUT2D eigenvalue weighted by Gasteiger charge is -2.04. The van der Waals surface area contributed by atoms with E-state index in [0.29, 0.717) is 9.90 Å². The van der Waals surface area contributed by atoms with Crippen LogP contribution < -0.4 is 0 Å². The highest BCUT2D eigenvalue weighted by molar-refractivity contribution is 7.20. The first kappa shape index (κ1) is 14.1. The van der Waals surface area contributed by atoms with Gasteiger partial charge >= 0.3 is 5.97 Å². The number of carbonyl (C=O) groups is 1. The average Bonchev–Trinajstić information content (AvgIpc) is 3.01. The zero-order valence-corrected chi connectivity index (χ0v) is 12.9. The summed E-state index contributed by atoms with van der Waals surface area (Å²) in [4.78, 5) is 12.4. The molecule has 0 bridgehead atoms. The Morgan fingerprint density at radius 1 is 1.43 bits per heavy atom. The van der Waals surface area contributed by atoms with E-state index in [2.05, 4.69) is 12.0 Å². The Morgan fingerprint density at radius 2 is 2.19 bits per heavy atom. The smallest absolute Gasteiger partial charge is 0.345 e. The van der Waals surface area contributed by atoms with Crippen LogP contribution in [0.4, 0.5) is 0 Å². The highest BCUT2D eigenvalue weighted by Crippen LogP contribution is 2.33. The molecule has 0 aliphatic heterocycles. The summed E-state index contributed by atoms with van der Waals surface area (Å²) in [6.07, 6.45) is 1.76. The second-order valence-electron chi connectivity index (χ2n) is 4.69. The highest BCUT2D eigenvalue weighted by atomic mass is 35.5. The molecule has 4 nitrogen and oxygen atoms in total. The summed E-state index contributed by atoms with van der Waals surface area (Å²) in [6, 6.07) is 9.13. The van der Waals surface area contributed by atoms with Gasteiger partial charge in [-0.05, 0) is 24.6 Å². The molecule has 1 aromatic carbocycles. The zero-order chi connectivity index (χ0) is 15.0. The van der Waals surface area contributed by atoms with Crippen molar-refractivity contribution in [3.63, 3.8) is 0 Å². The normalized spacial score (nSPS) is 11.1. The number of halogens is 1. The van der Waals surface area contributed by atoms with Crippen LogP contribution in [0.5, 0.6) is 0 Å². The van der Waals surface area contributed by atoms with Gasteiger partial charge in [0.1, 0.15) is 9.71 Å². The van der Waals surface area contributed by atoms with E-state index in [-0.39, 0.29) is 0 Å². The monoisotopic (exact) mass is 320 g/mol. The molecule has 21 heavy (non-hydrogen) atoms. The molecule has 0 spiro atoms. The minimum Gasteiger partial charge on any atom is -0.477 e. The highest BCUT2D eigenvalue weighted by Gasteiger charge is 2.18. The standard InChI is InChI=1S/C15H13ClN2O2S/c1-2-5-11-9-8-13(15(19)20)21-14(9)18(17-11)12-7-4-3-6-10(12)16/h3-4,6-8H,2,5H2,1H3,(H,19,20). The van der Waals surface area contributed by atoms with E-state index >= 15 is 0 Å². The second-order valence-corrected chi connectivity index (χ2v) is 6.13. The molecule has 0 radical (unpaired) electrons. The lowest BCUT2D eigenvalue weighted by Crippen LogP contribution is -1.98. The summed E-state index contributed by atoms with van der Waals surface area (Å²) in [7, 11) is 0. The molecule has 2 heterocycles. The van der Waals surface area contributed by atoms with Crippen LogP contribution in [0.25, 0.3) is 15.9 Å². The number of benzene rings is 1. The number of aromatic nitrogens is 2. The van der Waals surface area contributed by atoms with Crippen molar-refractivity contribution in [2.75, 3.05) is 0 Å². The first-order chi connectivity index (χ1) is 10.1. The molecule has 0 fully saturated rings. The zero-order valence-electron chi connectivity index (χ0n) is 11.3. The molecule has 0 saturated carbocycles. The summed E-state index contributed by atoms with van der Waals surface area (Å²) < 4.78 is 1.75. The van der Waals surface area contributed by atoms with E-state index in [9.17, 15) is 9.90 Å². The molecular formula is C15H13ClN2O2S. The molecule has 0 atom stereocenters. The van der Waals surface area contributed by atoms with Crippen LogP contribution in [0.15, 0.2) is 30.3 Å². The summed E-state index contributed by atoms with van der Waals surface area (Å²) in [5, 5.41) is 15.3. The van der Waals surface area contributed by atoms with Gasteiger partial charge < -0.3 is 5.11 Å². The number of hydrogen-bond donors (Lipinski definition) is 1. The fourth-order valence-corrected chi connectivity index (χ4v) is 3.48. The molecule has 3 rings (SSSR count). The Labute approximate surface area is 130 Å². The van der Waals surface area contributed by atoms with Crippen LogP contribution in [-0.2, 0) is 6.42 Å². The van der Waals surface area contributed by atoms with E-state index in [1.165, 1.54) is 11.3 Å². The summed E-state index contributed by atoms with van der Waals surface area (Å²) in [6.45, 7) is 2.07. The van der Waals surface area contributed by atoms with E-state index in [4.69, 9.17) is 11.6 Å². The summed E-state index contributed by atoms with van der Waals surface area (Å²) in [5.41, 5.74) is 1.68.